The molecule has 0 aliphatic heterocycles. The SMILES string of the molecule is CC(C#N)C(=O)NC1CCCC1C. The maximum absolute atomic E-state index is 11.3. The molecule has 1 N–H and O–H groups in total. The first-order valence-electron chi connectivity index (χ1n) is 4.85. The van der Waals surface area contributed by atoms with Gasteiger partial charge in [0.15, 0.2) is 0 Å². The zero-order chi connectivity index (χ0) is 9.84. The van der Waals surface area contributed by atoms with Crippen molar-refractivity contribution in [3.05, 3.63) is 0 Å². The molecule has 0 aromatic carbocycles. The Kier molecular flexibility index (Phi) is 3.30. The fourth-order valence-electron chi connectivity index (χ4n) is 1.73. The summed E-state index contributed by atoms with van der Waals surface area (Å²) in [6.07, 6.45) is 3.43. The Bertz CT molecular complexity index is 232. The summed E-state index contributed by atoms with van der Waals surface area (Å²) in [6.45, 7) is 3.78. The van der Waals surface area contributed by atoms with Crippen LogP contribution in [0, 0.1) is 23.2 Å². The van der Waals surface area contributed by atoms with E-state index in [1.54, 1.807) is 6.92 Å². The Morgan fingerprint density at radius 1 is 1.62 bits per heavy atom. The molecule has 1 rings (SSSR count). The molecule has 3 nitrogen and oxygen atoms in total. The van der Waals surface area contributed by atoms with Crippen LogP contribution >= 0.6 is 0 Å². The highest BCUT2D eigenvalue weighted by Crippen LogP contribution is 2.24. The minimum absolute atomic E-state index is 0.124. The molecule has 0 aromatic heterocycles. The first kappa shape index (κ1) is 10.0. The summed E-state index contributed by atoms with van der Waals surface area (Å²) in [6, 6.07) is 2.24. The Balaban J connectivity index is 2.40. The van der Waals surface area contributed by atoms with E-state index in [4.69, 9.17) is 5.26 Å². The minimum atomic E-state index is -0.521. The molecule has 3 heteroatoms. The number of nitrogens with one attached hydrogen (secondary N) is 1. The fourth-order valence-corrected chi connectivity index (χ4v) is 1.73. The average Bonchev–Trinajstić information content (AvgIpc) is 2.50. The van der Waals surface area contributed by atoms with Gasteiger partial charge in [0.2, 0.25) is 5.91 Å². The largest absolute Gasteiger partial charge is 0.352 e. The Hall–Kier alpha value is -1.04. The second kappa shape index (κ2) is 4.27. The normalized spacial score (nSPS) is 29.3. The fraction of sp³-hybridized carbons (Fsp3) is 0.800. The predicted octanol–water partition coefficient (Wildman–Crippen LogP) is 1.45. The number of hydrogen-bond acceptors (Lipinski definition) is 2. The van der Waals surface area contributed by atoms with Crippen molar-refractivity contribution in [2.45, 2.75) is 39.2 Å². The molecule has 13 heavy (non-hydrogen) atoms. The monoisotopic (exact) mass is 180 g/mol. The van der Waals surface area contributed by atoms with Gasteiger partial charge in [-0.25, -0.2) is 0 Å². The molecule has 0 heterocycles. The van der Waals surface area contributed by atoms with Gasteiger partial charge in [0.25, 0.3) is 0 Å². The van der Waals surface area contributed by atoms with E-state index in [0.29, 0.717) is 12.0 Å². The molecule has 72 valence electrons. The quantitative estimate of drug-likeness (QED) is 0.699. The van der Waals surface area contributed by atoms with Crippen molar-refractivity contribution in [3.8, 4) is 6.07 Å². The van der Waals surface area contributed by atoms with Gasteiger partial charge in [0.05, 0.1) is 6.07 Å². The van der Waals surface area contributed by atoms with Gasteiger partial charge in [0.1, 0.15) is 5.92 Å². The van der Waals surface area contributed by atoms with Gasteiger partial charge >= 0.3 is 0 Å². The van der Waals surface area contributed by atoms with E-state index in [1.165, 1.54) is 12.8 Å². The number of amides is 1. The summed E-state index contributed by atoms with van der Waals surface area (Å²) in [4.78, 5) is 11.3. The van der Waals surface area contributed by atoms with Gasteiger partial charge in [0, 0.05) is 6.04 Å². The van der Waals surface area contributed by atoms with Crippen LogP contribution in [-0.2, 0) is 4.79 Å². The maximum Gasteiger partial charge on any atom is 0.237 e. The molecular formula is C10H16N2O. The van der Waals surface area contributed by atoms with Crippen molar-refractivity contribution in [1.82, 2.24) is 5.32 Å². The first-order chi connectivity index (χ1) is 6.15. The van der Waals surface area contributed by atoms with Gasteiger partial charge in [-0.15, -0.1) is 0 Å². The molecular weight excluding hydrogens is 164 g/mol. The Labute approximate surface area is 79.1 Å². The number of hydrogen-bond donors (Lipinski definition) is 1. The summed E-state index contributed by atoms with van der Waals surface area (Å²) in [7, 11) is 0. The number of rotatable bonds is 2. The van der Waals surface area contributed by atoms with Gasteiger partial charge in [-0.2, -0.15) is 5.26 Å². The van der Waals surface area contributed by atoms with Crippen molar-refractivity contribution in [1.29, 1.82) is 5.26 Å². The van der Waals surface area contributed by atoms with E-state index in [0.717, 1.165) is 6.42 Å². The molecule has 0 radical (unpaired) electrons. The third kappa shape index (κ3) is 2.45. The molecule has 0 saturated heterocycles. The van der Waals surface area contributed by atoms with Crippen LogP contribution in [0.15, 0.2) is 0 Å². The maximum atomic E-state index is 11.3. The molecule has 1 aliphatic carbocycles. The molecule has 0 spiro atoms. The predicted molar refractivity (Wildman–Crippen MR) is 49.7 cm³/mol. The molecule has 1 saturated carbocycles. The van der Waals surface area contributed by atoms with E-state index in [9.17, 15) is 4.79 Å². The van der Waals surface area contributed by atoms with Crippen LogP contribution in [0.1, 0.15) is 33.1 Å². The third-order valence-electron chi connectivity index (χ3n) is 2.78. The smallest absolute Gasteiger partial charge is 0.237 e. The topological polar surface area (TPSA) is 52.9 Å². The van der Waals surface area contributed by atoms with Gasteiger partial charge in [-0.3, -0.25) is 4.79 Å². The molecule has 0 aromatic rings. The van der Waals surface area contributed by atoms with Crippen LogP contribution in [0.4, 0.5) is 0 Å². The van der Waals surface area contributed by atoms with Crippen molar-refractivity contribution < 1.29 is 4.79 Å². The molecule has 3 unspecified atom stereocenters. The van der Waals surface area contributed by atoms with Crippen molar-refractivity contribution in [3.63, 3.8) is 0 Å². The summed E-state index contributed by atoms with van der Waals surface area (Å²) in [5.74, 6) is -0.0797. The Morgan fingerprint density at radius 3 is 2.77 bits per heavy atom. The number of carbonyl (C=O) groups excluding carboxylic acids is 1. The molecule has 1 amide bonds. The standard InChI is InChI=1S/C10H16N2O/c1-7-4-3-5-9(7)12-10(13)8(2)6-11/h7-9H,3-5H2,1-2H3,(H,12,13). The van der Waals surface area contributed by atoms with E-state index < -0.39 is 5.92 Å². The van der Waals surface area contributed by atoms with Crippen molar-refractivity contribution in [2.75, 3.05) is 0 Å². The van der Waals surface area contributed by atoms with Crippen molar-refractivity contribution in [2.24, 2.45) is 11.8 Å². The lowest BCUT2D eigenvalue weighted by atomic mass is 10.1. The van der Waals surface area contributed by atoms with Crippen LogP contribution in [-0.4, -0.2) is 11.9 Å². The zero-order valence-corrected chi connectivity index (χ0v) is 8.21. The average molecular weight is 180 g/mol. The molecule has 1 fully saturated rings. The molecule has 1 aliphatic rings. The van der Waals surface area contributed by atoms with Crippen LogP contribution in [0.2, 0.25) is 0 Å². The highest BCUT2D eigenvalue weighted by Gasteiger charge is 2.26. The highest BCUT2D eigenvalue weighted by molar-refractivity contribution is 5.80. The number of nitrogens with zero attached hydrogens (tertiary/aromatic N) is 1. The van der Waals surface area contributed by atoms with Gasteiger partial charge in [-0.1, -0.05) is 13.3 Å². The van der Waals surface area contributed by atoms with E-state index >= 15 is 0 Å². The summed E-state index contributed by atoms with van der Waals surface area (Å²) >= 11 is 0. The lowest BCUT2D eigenvalue weighted by Gasteiger charge is -2.17. The first-order valence-corrected chi connectivity index (χ1v) is 4.85. The minimum Gasteiger partial charge on any atom is -0.352 e. The number of nitriles is 1. The van der Waals surface area contributed by atoms with Crippen LogP contribution < -0.4 is 5.32 Å². The van der Waals surface area contributed by atoms with Crippen LogP contribution in [0.3, 0.4) is 0 Å². The zero-order valence-electron chi connectivity index (χ0n) is 8.21. The summed E-state index contributed by atoms with van der Waals surface area (Å²) in [5.41, 5.74) is 0. The summed E-state index contributed by atoms with van der Waals surface area (Å²) in [5, 5.41) is 11.5. The van der Waals surface area contributed by atoms with E-state index in [-0.39, 0.29) is 5.91 Å². The Morgan fingerprint density at radius 2 is 2.31 bits per heavy atom. The second-order valence-electron chi connectivity index (χ2n) is 3.87. The van der Waals surface area contributed by atoms with Crippen molar-refractivity contribution >= 4 is 5.91 Å². The van der Waals surface area contributed by atoms with E-state index in [1.807, 2.05) is 6.07 Å². The molecule has 0 bridgehead atoms. The van der Waals surface area contributed by atoms with E-state index in [2.05, 4.69) is 12.2 Å². The summed E-state index contributed by atoms with van der Waals surface area (Å²) < 4.78 is 0. The van der Waals surface area contributed by atoms with Gasteiger partial charge < -0.3 is 5.32 Å². The lowest BCUT2D eigenvalue weighted by molar-refractivity contribution is -0.123. The number of carbonyl (C=O) groups is 1. The molecule has 3 atom stereocenters. The lowest BCUT2D eigenvalue weighted by Crippen LogP contribution is -2.39. The van der Waals surface area contributed by atoms with Crippen LogP contribution in [0.25, 0.3) is 0 Å². The third-order valence-corrected chi connectivity index (χ3v) is 2.78. The second-order valence-corrected chi connectivity index (χ2v) is 3.87. The van der Waals surface area contributed by atoms with Crippen LogP contribution in [0.5, 0.6) is 0 Å². The highest BCUT2D eigenvalue weighted by atomic mass is 16.1. The van der Waals surface area contributed by atoms with Gasteiger partial charge in [-0.05, 0) is 25.7 Å².